The van der Waals surface area contributed by atoms with E-state index in [1.165, 1.54) is 81.7 Å². The van der Waals surface area contributed by atoms with Gasteiger partial charge < -0.3 is 130 Å². The normalized spacial score (nSPS) is 24.8. The number of hydrogen-bond donors (Lipinski definition) is 19. The number of para-hydroxylation sites is 2. The SMILES string of the molecule is CCCC[C@H]1C(=O)N(C)[C@@H](CCCC)C(=O)N[C@@H](CCCCN)C(=O)N[C@H](C(=O)NCC(N)=O)CSCC(=O)N[C@@H](Cc2ccc(O)cc2)C(=O)N(C)[C@@H](C)C(=O)N[C@@H](CC(N)=O)C(=O)N2CCC[C@H]2C(=O)N[C@@H](CC2=CN=CC2)C(=O)N[C@@H](CCC(=O)O)C(=O)N2C[C@H](O)C[C@H]2C(=O)N[C@@H](Cc2c[nH]c3ccccc23)C(=O)N[C@@H](CO)C(=O)N[C@@H](Cc2cn(CC(=O)O)c3ccccc23)C(=O)N1C. The van der Waals surface area contributed by atoms with Gasteiger partial charge in [0.25, 0.3) is 0 Å². The molecule has 5 aromatic rings. The summed E-state index contributed by atoms with van der Waals surface area (Å²) in [6, 6.07) is -4.24. The van der Waals surface area contributed by atoms with Gasteiger partial charge in [0.05, 0.1) is 31.4 Å². The van der Waals surface area contributed by atoms with Gasteiger partial charge in [-0.05, 0) is 118 Å². The van der Waals surface area contributed by atoms with Gasteiger partial charge >= 0.3 is 11.9 Å². The monoisotopic (exact) mass is 1950 g/mol. The number of aromatic nitrogens is 2. The molecular weight excluding hydrogens is 1830 g/mol. The summed E-state index contributed by atoms with van der Waals surface area (Å²) in [5.74, 6) is -21.1. The molecule has 2 aromatic heterocycles. The van der Waals surface area contributed by atoms with Crippen LogP contribution in [0.2, 0.25) is 0 Å². The van der Waals surface area contributed by atoms with Crippen LogP contribution >= 0.6 is 11.8 Å². The smallest absolute Gasteiger partial charge is 0.323 e. The van der Waals surface area contributed by atoms with Gasteiger partial charge in [-0.25, -0.2) is 0 Å². The fraction of sp³-hybridized carbons (Fsp3) is 0.527. The Bertz CT molecular complexity index is 5380. The molecule has 0 unspecified atom stereocenters. The zero-order chi connectivity index (χ0) is 102. The summed E-state index contributed by atoms with van der Waals surface area (Å²) in [6.45, 7) is 1.72. The van der Waals surface area contributed by atoms with Gasteiger partial charge in [-0.1, -0.05) is 88.1 Å². The van der Waals surface area contributed by atoms with Crippen LogP contribution in [0.3, 0.4) is 0 Å². The summed E-state index contributed by atoms with van der Waals surface area (Å²) in [4.78, 5) is 288. The van der Waals surface area contributed by atoms with Gasteiger partial charge in [0.2, 0.25) is 100 Å². The summed E-state index contributed by atoms with van der Waals surface area (Å²) in [5, 5.41) is 80.1. The average molecular weight is 1960 g/mol. The number of phenolic OH excluding ortho intramolecular Hbond substituents is 1. The molecule has 0 bridgehead atoms. The highest BCUT2D eigenvalue weighted by Gasteiger charge is 2.47. The van der Waals surface area contributed by atoms with Crippen molar-refractivity contribution in [1.82, 2.24) is 87.2 Å². The van der Waals surface area contributed by atoms with Crippen LogP contribution in [0, 0.1) is 0 Å². The second-order valence-electron chi connectivity index (χ2n) is 35.2. The lowest BCUT2D eigenvalue weighted by atomic mass is 10.00. The van der Waals surface area contributed by atoms with Gasteiger partial charge in [0.1, 0.15) is 96.9 Å². The Morgan fingerprint density at radius 1 is 0.554 bits per heavy atom. The average Bonchev–Trinajstić information content (AvgIpc) is 1.65. The Morgan fingerprint density at radius 3 is 1.78 bits per heavy atom. The highest BCUT2D eigenvalue weighted by atomic mass is 32.2. The van der Waals surface area contributed by atoms with Gasteiger partial charge in [-0.15, -0.1) is 11.8 Å². The predicted octanol–water partition coefficient (Wildman–Crippen LogP) is -2.90. The molecule has 6 heterocycles. The lowest BCUT2D eigenvalue weighted by molar-refractivity contribution is -0.149. The van der Waals surface area contributed by atoms with E-state index in [9.17, 15) is 78.3 Å². The minimum Gasteiger partial charge on any atom is -0.508 e. The number of rotatable bonds is 29. The van der Waals surface area contributed by atoms with Crippen LogP contribution in [0.1, 0.15) is 147 Å². The molecule has 15 atom stereocenters. The molecule has 46 heteroatoms. The molecule has 9 rings (SSSR count). The second kappa shape index (κ2) is 52.0. The Kier molecular flexibility index (Phi) is 40.7. The summed E-state index contributed by atoms with van der Waals surface area (Å²) in [7, 11) is 3.79. The first-order chi connectivity index (χ1) is 66.2. The van der Waals surface area contributed by atoms with Gasteiger partial charge in [0, 0.05) is 125 Å². The lowest BCUT2D eigenvalue weighted by Crippen LogP contribution is -2.61. The number of nitrogens with two attached hydrogens (primary N) is 3. The number of unbranched alkanes of at least 4 members (excludes halogenated alkanes) is 3. The van der Waals surface area contributed by atoms with E-state index in [-0.39, 0.29) is 83.0 Å². The van der Waals surface area contributed by atoms with Gasteiger partial charge in [-0.2, -0.15) is 0 Å². The molecule has 0 spiro atoms. The third-order valence-corrected chi connectivity index (χ3v) is 26.0. The number of carbonyl (C=O) groups is 19. The standard InChI is InChI=1S/C93H127N21O24S/c1-7-9-22-71-86(131)101-61(21-15-16-33-94)82(127)108-69(81(126)99-44-76(96)119)49-139-50-77(120)100-65(36-52-26-28-56(116)29-27-52)89(134)109(4)51(3)80(125)105-67(41-75(95)118)92(137)113-35-17-25-72(113)87(132)103-63(37-53-32-34-97-42-53)83(128)102-62(30-31-78(121)122)91(136)114-46-57(117)40-74(114)88(133)104-64(38-54-43-98-60-20-13-11-18-58(54)60)84(129)107-68(48-115)85(130)106-66(90(135)111(6)73(23-10-8-2)93(138)110(71)5)39-55-45-112(47-79(123)124)70-24-14-12-19-59(55)70/h11-14,18-20,24,26-29,34,42-43,45,51,57,61-69,71-74,98,115-117H,7-10,15-17,21-23,25,30-33,35-41,44,46-50,94H2,1-6H3,(H2,95,118)(H2,96,119)(H,99,126)(H,100,120)(H,101,131)(H,102,128)(H,103,132)(H,104,133)(H,105,125)(H,106,130)(H,107,129)(H,108,127)(H,121,122)(H,123,124)/t51-,57+,61-,62-,63-,64-,65-,66-,67-,68-,69-,71-,72-,73-,74-/m0/s1. The minimum absolute atomic E-state index is 0.0400. The summed E-state index contributed by atoms with van der Waals surface area (Å²) in [5.41, 5.74) is 19.6. The number of nitrogens with one attached hydrogen (secondary N) is 11. The number of carbonyl (C=O) groups excluding carboxylic acids is 17. The van der Waals surface area contributed by atoms with Crippen molar-refractivity contribution in [3.05, 3.63) is 114 Å². The largest absolute Gasteiger partial charge is 0.508 e. The van der Waals surface area contributed by atoms with E-state index in [1.807, 2.05) is 13.8 Å². The molecule has 45 nitrogen and oxygen atoms in total. The number of likely N-dealkylation sites (N-methyl/N-ethyl adjacent to an activating group) is 3. The third kappa shape index (κ3) is 30.3. The first-order valence-electron chi connectivity index (χ1n) is 46.3. The van der Waals surface area contributed by atoms with E-state index < -0.39 is 279 Å². The number of aliphatic hydroxyl groups is 2. The molecule has 0 aliphatic carbocycles. The fourth-order valence-electron chi connectivity index (χ4n) is 17.2. The number of aromatic amines is 1. The fourth-order valence-corrected chi connectivity index (χ4v) is 18.1. The van der Waals surface area contributed by atoms with Crippen LogP contribution in [-0.2, 0) is 117 Å². The molecule has 754 valence electrons. The molecule has 17 amide bonds. The molecule has 0 saturated carbocycles. The van der Waals surface area contributed by atoms with Crippen LogP contribution in [0.15, 0.2) is 102 Å². The van der Waals surface area contributed by atoms with Crippen LogP contribution < -0.4 is 70.4 Å². The van der Waals surface area contributed by atoms with E-state index >= 15 is 38.4 Å². The number of aromatic hydroxyl groups is 1. The molecule has 0 radical (unpaired) electrons. The molecule has 3 aromatic carbocycles. The Labute approximate surface area is 805 Å². The molecule has 22 N–H and O–H groups in total. The van der Waals surface area contributed by atoms with Crippen molar-refractivity contribution in [3.8, 4) is 5.75 Å². The highest BCUT2D eigenvalue weighted by molar-refractivity contribution is 8.00. The van der Waals surface area contributed by atoms with Crippen molar-refractivity contribution in [3.63, 3.8) is 0 Å². The van der Waals surface area contributed by atoms with Crippen LogP contribution in [-0.4, -0.2) is 334 Å². The Balaban J connectivity index is 1.12. The van der Waals surface area contributed by atoms with Crippen LogP contribution in [0.5, 0.6) is 5.75 Å². The van der Waals surface area contributed by atoms with Crippen molar-refractivity contribution < 1.29 is 117 Å². The number of thioether (sulfide) groups is 1. The maximum Gasteiger partial charge on any atom is 0.323 e. The van der Waals surface area contributed by atoms with Crippen molar-refractivity contribution in [2.75, 3.05) is 65.4 Å². The third-order valence-electron chi connectivity index (χ3n) is 24.9. The summed E-state index contributed by atoms with van der Waals surface area (Å²) < 4.78 is 1.39. The van der Waals surface area contributed by atoms with Crippen molar-refractivity contribution in [1.29, 1.82) is 0 Å². The molecule has 4 aliphatic rings. The number of aliphatic imine (C=N–C) groups is 1. The number of benzene rings is 3. The number of aliphatic carboxylic acids is 2. The van der Waals surface area contributed by atoms with Crippen LogP contribution in [0.4, 0.5) is 0 Å². The first kappa shape index (κ1) is 109. The number of carboxylic acid groups (broad SMARTS) is 2. The maximum absolute atomic E-state index is 15.9. The zero-order valence-corrected chi connectivity index (χ0v) is 79.3. The van der Waals surface area contributed by atoms with Crippen molar-refractivity contribution >= 4 is 152 Å². The van der Waals surface area contributed by atoms with E-state index in [0.717, 1.165) is 36.3 Å². The summed E-state index contributed by atoms with van der Waals surface area (Å²) >= 11 is 0.758. The zero-order valence-electron chi connectivity index (χ0n) is 78.5. The van der Waals surface area contributed by atoms with E-state index in [1.54, 1.807) is 48.5 Å². The predicted molar refractivity (Wildman–Crippen MR) is 506 cm³/mol. The number of amides is 17. The number of fused-ring (bicyclic) bond motifs is 4. The second-order valence-corrected chi connectivity index (χ2v) is 36.2. The van der Waals surface area contributed by atoms with E-state index in [0.29, 0.717) is 69.8 Å². The topological polar surface area (TPSA) is 673 Å². The van der Waals surface area contributed by atoms with Crippen LogP contribution in [0.25, 0.3) is 21.8 Å². The van der Waals surface area contributed by atoms with Gasteiger partial charge in [-0.3, -0.25) is 96.1 Å². The number of hydrogen-bond acceptors (Lipinski definition) is 25. The van der Waals surface area contributed by atoms with E-state index in [4.69, 9.17) is 17.2 Å². The number of H-pyrrole nitrogens is 1. The molecule has 3 fully saturated rings. The molecular formula is C93H127N21O24S. The number of phenols is 1. The van der Waals surface area contributed by atoms with Crippen molar-refractivity contribution in [2.24, 2.45) is 22.2 Å². The maximum atomic E-state index is 15.9. The first-order valence-corrected chi connectivity index (χ1v) is 47.5. The molecule has 139 heavy (non-hydrogen) atoms. The number of carboxylic acids is 2. The Morgan fingerprint density at radius 2 is 1.14 bits per heavy atom. The number of aliphatic hydroxyl groups excluding tert-OH is 2. The highest BCUT2D eigenvalue weighted by Crippen LogP contribution is 2.29. The lowest BCUT2D eigenvalue weighted by Gasteiger charge is -2.36. The molecule has 4 aliphatic heterocycles. The van der Waals surface area contributed by atoms with Gasteiger partial charge in [0.15, 0.2) is 0 Å². The summed E-state index contributed by atoms with van der Waals surface area (Å²) in [6.07, 6.45) is 2.07. The number of nitrogens with zero attached hydrogens (tertiary/aromatic N) is 7. The van der Waals surface area contributed by atoms with Crippen molar-refractivity contribution in [2.45, 2.75) is 246 Å². The molecule has 3 saturated heterocycles. The minimum atomic E-state index is -2.01. The number of primary amides is 2. The Hall–Kier alpha value is -13.9. The quantitative estimate of drug-likeness (QED) is 0.0214. The van der Waals surface area contributed by atoms with E-state index in [2.05, 4.69) is 63.1 Å².